The molecule has 152 valence electrons. The molecular weight excluding hydrogens is 410 g/mol. The Kier molecular flexibility index (Phi) is 4.89. The first-order valence-corrected chi connectivity index (χ1v) is 10.4. The summed E-state index contributed by atoms with van der Waals surface area (Å²) < 4.78 is 1.44. The van der Waals surface area contributed by atoms with E-state index in [1.807, 2.05) is 48.5 Å². The molecule has 0 bridgehead atoms. The van der Waals surface area contributed by atoms with Gasteiger partial charge < -0.3 is 5.32 Å². The zero-order valence-electron chi connectivity index (χ0n) is 16.3. The summed E-state index contributed by atoms with van der Waals surface area (Å²) in [7, 11) is 0. The van der Waals surface area contributed by atoms with E-state index in [0.717, 1.165) is 21.7 Å². The lowest BCUT2D eigenvalue weighted by Crippen LogP contribution is -2.25. The number of carbonyl (C=O) groups excluding carboxylic acids is 1. The quantitative estimate of drug-likeness (QED) is 0.444. The van der Waals surface area contributed by atoms with Crippen LogP contribution in [0.4, 0.5) is 5.69 Å². The predicted molar refractivity (Wildman–Crippen MR) is 121 cm³/mol. The van der Waals surface area contributed by atoms with Crippen molar-refractivity contribution >= 4 is 27.9 Å². The second-order valence-corrected chi connectivity index (χ2v) is 8.08. The molecule has 0 atom stereocenters. The van der Waals surface area contributed by atoms with Gasteiger partial charge in [-0.25, -0.2) is 4.98 Å². The third kappa shape index (κ3) is 3.88. The number of amides is 1. The van der Waals surface area contributed by atoms with E-state index in [0.29, 0.717) is 17.1 Å². The van der Waals surface area contributed by atoms with Crippen molar-refractivity contribution in [2.24, 2.45) is 0 Å². The molecule has 2 N–H and O–H groups in total. The van der Waals surface area contributed by atoms with E-state index in [9.17, 15) is 9.59 Å². The highest BCUT2D eigenvalue weighted by molar-refractivity contribution is 7.17. The number of fused-ring (bicyclic) bond motifs is 1. The molecule has 31 heavy (non-hydrogen) atoms. The van der Waals surface area contributed by atoms with Gasteiger partial charge in [0.1, 0.15) is 5.56 Å². The Morgan fingerprint density at radius 1 is 1.06 bits per heavy atom. The maximum absolute atomic E-state index is 12.9. The predicted octanol–water partition coefficient (Wildman–Crippen LogP) is 3.99. The molecule has 1 amide bonds. The van der Waals surface area contributed by atoms with Gasteiger partial charge in [0.15, 0.2) is 4.96 Å². The van der Waals surface area contributed by atoms with Crippen LogP contribution in [0, 0.1) is 0 Å². The van der Waals surface area contributed by atoms with Crippen LogP contribution < -0.4 is 10.9 Å². The molecule has 0 saturated heterocycles. The lowest BCUT2D eigenvalue weighted by Gasteiger charge is -2.06. The summed E-state index contributed by atoms with van der Waals surface area (Å²) in [6.45, 7) is 0. The van der Waals surface area contributed by atoms with Gasteiger partial charge in [-0.2, -0.15) is 5.10 Å². The van der Waals surface area contributed by atoms with E-state index in [1.54, 1.807) is 24.5 Å². The minimum absolute atomic E-state index is 0.000736. The minimum Gasteiger partial charge on any atom is -0.322 e. The molecule has 0 aliphatic heterocycles. The van der Waals surface area contributed by atoms with E-state index in [4.69, 9.17) is 0 Å². The van der Waals surface area contributed by atoms with E-state index in [1.165, 1.54) is 21.9 Å². The first-order chi connectivity index (χ1) is 15.2. The highest BCUT2D eigenvalue weighted by atomic mass is 32.1. The molecule has 2 aromatic carbocycles. The van der Waals surface area contributed by atoms with E-state index < -0.39 is 5.91 Å². The summed E-state index contributed by atoms with van der Waals surface area (Å²) in [6, 6.07) is 19.2. The molecule has 5 rings (SSSR count). The molecule has 3 aromatic heterocycles. The number of thiazole rings is 1. The third-order valence-electron chi connectivity index (χ3n) is 4.88. The summed E-state index contributed by atoms with van der Waals surface area (Å²) in [5, 5.41) is 9.59. The zero-order valence-corrected chi connectivity index (χ0v) is 17.1. The van der Waals surface area contributed by atoms with Crippen molar-refractivity contribution in [3.8, 4) is 11.3 Å². The van der Waals surface area contributed by atoms with Crippen molar-refractivity contribution in [1.29, 1.82) is 0 Å². The smallest absolute Gasteiger partial charge is 0.271 e. The topological polar surface area (TPSA) is 92.2 Å². The van der Waals surface area contributed by atoms with Crippen LogP contribution in [0.5, 0.6) is 0 Å². The highest BCUT2D eigenvalue weighted by Crippen LogP contribution is 2.20. The van der Waals surface area contributed by atoms with Gasteiger partial charge in [0, 0.05) is 35.6 Å². The Morgan fingerprint density at radius 3 is 2.61 bits per heavy atom. The number of anilines is 1. The first kappa shape index (κ1) is 19.0. The molecule has 8 heteroatoms. The van der Waals surface area contributed by atoms with Crippen LogP contribution in [0.25, 0.3) is 16.2 Å². The maximum atomic E-state index is 12.9. The molecule has 0 unspecified atom stereocenters. The minimum atomic E-state index is -0.489. The summed E-state index contributed by atoms with van der Waals surface area (Å²) in [5.41, 5.74) is 3.19. The van der Waals surface area contributed by atoms with Gasteiger partial charge in [-0.05, 0) is 29.3 Å². The fourth-order valence-corrected chi connectivity index (χ4v) is 4.28. The number of aromatic nitrogens is 4. The first-order valence-electron chi connectivity index (χ1n) is 9.62. The van der Waals surface area contributed by atoms with Crippen molar-refractivity contribution in [3.63, 3.8) is 0 Å². The Bertz CT molecular complexity index is 1400. The van der Waals surface area contributed by atoms with Crippen LogP contribution in [0.3, 0.4) is 0 Å². The normalized spacial score (nSPS) is 11.0. The fourth-order valence-electron chi connectivity index (χ4n) is 3.31. The molecule has 3 heterocycles. The summed E-state index contributed by atoms with van der Waals surface area (Å²) in [6.07, 6.45) is 5.49. The third-order valence-corrected chi connectivity index (χ3v) is 5.87. The molecule has 0 radical (unpaired) electrons. The lowest BCUT2D eigenvalue weighted by molar-refractivity contribution is 0.102. The number of benzene rings is 2. The van der Waals surface area contributed by atoms with Gasteiger partial charge in [0.2, 0.25) is 0 Å². The summed E-state index contributed by atoms with van der Waals surface area (Å²) >= 11 is 1.44. The van der Waals surface area contributed by atoms with Crippen LogP contribution in [0.15, 0.2) is 84.0 Å². The lowest BCUT2D eigenvalue weighted by atomic mass is 10.1. The van der Waals surface area contributed by atoms with Crippen LogP contribution in [0.1, 0.15) is 20.8 Å². The monoisotopic (exact) mass is 427 g/mol. The van der Waals surface area contributed by atoms with Crippen molar-refractivity contribution in [2.45, 2.75) is 6.42 Å². The van der Waals surface area contributed by atoms with Gasteiger partial charge in [0.25, 0.3) is 11.5 Å². The Labute approximate surface area is 181 Å². The summed E-state index contributed by atoms with van der Waals surface area (Å²) in [5.74, 6) is -0.489. The highest BCUT2D eigenvalue weighted by Gasteiger charge is 2.15. The van der Waals surface area contributed by atoms with Crippen molar-refractivity contribution < 1.29 is 4.79 Å². The molecule has 0 aliphatic rings. The summed E-state index contributed by atoms with van der Waals surface area (Å²) in [4.78, 5) is 31.5. The van der Waals surface area contributed by atoms with Crippen LogP contribution in [0.2, 0.25) is 0 Å². The van der Waals surface area contributed by atoms with Crippen LogP contribution in [-0.4, -0.2) is 25.5 Å². The number of rotatable bonds is 5. The average molecular weight is 427 g/mol. The maximum Gasteiger partial charge on any atom is 0.271 e. The Morgan fingerprint density at radius 2 is 1.87 bits per heavy atom. The van der Waals surface area contributed by atoms with E-state index >= 15 is 0 Å². The standard InChI is InChI=1S/C23H17N5O2S/c29-21(26-17-8-6-16(7-9-17)20-10-11-25-27-20)19-13-24-23-28(22(19)30)14-18(31-23)12-15-4-2-1-3-5-15/h1-11,13-14H,12H2,(H,25,27)(H,26,29). The molecule has 0 fully saturated rings. The van der Waals surface area contributed by atoms with Crippen LogP contribution >= 0.6 is 11.3 Å². The van der Waals surface area contributed by atoms with Gasteiger partial charge in [-0.15, -0.1) is 11.3 Å². The molecule has 0 saturated carbocycles. The SMILES string of the molecule is O=C(Nc1ccc(-c2ccn[nH]2)cc1)c1cnc2sc(Cc3ccccc3)cn2c1=O. The number of hydrogen-bond acceptors (Lipinski definition) is 5. The molecule has 0 spiro atoms. The van der Waals surface area contributed by atoms with Gasteiger partial charge >= 0.3 is 0 Å². The van der Waals surface area contributed by atoms with Gasteiger partial charge in [-0.3, -0.25) is 19.1 Å². The molecular formula is C23H17N5O2S. The zero-order chi connectivity index (χ0) is 21.2. The number of nitrogens with zero attached hydrogens (tertiary/aromatic N) is 3. The molecule has 5 aromatic rings. The van der Waals surface area contributed by atoms with Crippen molar-refractivity contribution in [3.05, 3.63) is 106 Å². The Hall–Kier alpha value is -4.04. The number of H-pyrrole nitrogens is 1. The molecule has 0 aliphatic carbocycles. The Balaban J connectivity index is 1.37. The largest absolute Gasteiger partial charge is 0.322 e. The molecule has 7 nitrogen and oxygen atoms in total. The number of hydrogen-bond donors (Lipinski definition) is 2. The van der Waals surface area contributed by atoms with E-state index in [-0.39, 0.29) is 11.1 Å². The van der Waals surface area contributed by atoms with Gasteiger partial charge in [0.05, 0.1) is 5.69 Å². The van der Waals surface area contributed by atoms with Crippen molar-refractivity contribution in [1.82, 2.24) is 19.6 Å². The second-order valence-electron chi connectivity index (χ2n) is 6.99. The van der Waals surface area contributed by atoms with Crippen LogP contribution in [-0.2, 0) is 6.42 Å². The van der Waals surface area contributed by atoms with E-state index in [2.05, 4.69) is 20.5 Å². The number of nitrogens with one attached hydrogen (secondary N) is 2. The van der Waals surface area contributed by atoms with Gasteiger partial charge in [-0.1, -0.05) is 42.5 Å². The fraction of sp³-hybridized carbons (Fsp3) is 0.0435. The number of carbonyl (C=O) groups is 1. The second kappa shape index (κ2) is 8.00. The number of aromatic amines is 1. The van der Waals surface area contributed by atoms with Crippen molar-refractivity contribution in [2.75, 3.05) is 5.32 Å². The average Bonchev–Trinajstić information content (AvgIpc) is 3.46.